The van der Waals surface area contributed by atoms with Crippen molar-refractivity contribution in [3.05, 3.63) is 166 Å². The predicted octanol–water partition coefficient (Wildman–Crippen LogP) is 12.0. The maximum absolute atomic E-state index is 13.4. The molecule has 0 fully saturated rings. The molecule has 0 unspecified atom stereocenters. The molecule has 0 aromatic heterocycles. The number of halogens is 2. The Labute approximate surface area is 481 Å². The number of amides is 2. The molecule has 8 rings (SSSR count). The number of hydrogen-bond donors (Lipinski definition) is 4. The second-order valence-electron chi connectivity index (χ2n) is 15.9. The van der Waals surface area contributed by atoms with Crippen LogP contribution >= 0.6 is 23.2 Å². The second kappa shape index (κ2) is 25.0. The van der Waals surface area contributed by atoms with Gasteiger partial charge >= 0.3 is 48.9 Å². The molecule has 75 heavy (non-hydrogen) atoms. The van der Waals surface area contributed by atoms with Crippen molar-refractivity contribution in [1.82, 2.24) is 0 Å². The number of nitrogens with zero attached hydrogens (tertiary/aromatic N) is 4. The SMILES string of the molecule is CCc1c(Cl)cc(S(=O)(=O)O)cc1N=Nc1c(O)c(C(=O)Nc2ccc(OC)cc2)cc2ccccc12.CCc1c(Cl)cc(S(=O)(=O)[O-])cc1N=Nc1c([O-])c(C(=O)Nc2ccc(OC)cc2)cc2ccccc12.[Ba+2]. The normalized spacial score (nSPS) is 11.5. The molecule has 0 saturated carbocycles. The molecule has 0 aliphatic heterocycles. The summed E-state index contributed by atoms with van der Waals surface area (Å²) in [6, 6.07) is 34.5. The summed E-state index contributed by atoms with van der Waals surface area (Å²) in [6.45, 7) is 3.56. The number of methoxy groups -OCH3 is 2. The van der Waals surface area contributed by atoms with E-state index in [4.69, 9.17) is 32.7 Å². The first kappa shape index (κ1) is 57.9. The third-order valence-corrected chi connectivity index (χ3v) is 13.6. The Kier molecular flexibility index (Phi) is 19.3. The van der Waals surface area contributed by atoms with E-state index in [1.807, 2.05) is 0 Å². The molecule has 0 radical (unpaired) electrons. The second-order valence-corrected chi connectivity index (χ2v) is 19.5. The number of carbonyl (C=O) groups excluding carboxylic acids is 2. The minimum atomic E-state index is -4.81. The van der Waals surface area contributed by atoms with Gasteiger partial charge in [-0.1, -0.05) is 91.3 Å². The summed E-state index contributed by atoms with van der Waals surface area (Å²) in [7, 11) is -6.30. The molecule has 23 heteroatoms. The van der Waals surface area contributed by atoms with Crippen molar-refractivity contribution in [2.24, 2.45) is 20.5 Å². The first-order valence-corrected chi connectivity index (χ1v) is 25.6. The van der Waals surface area contributed by atoms with Crippen LogP contribution < -0.4 is 25.2 Å². The largest absolute Gasteiger partial charge is 2.00 e. The van der Waals surface area contributed by atoms with Crippen LogP contribution in [0.25, 0.3) is 21.5 Å². The molecule has 8 aromatic rings. The van der Waals surface area contributed by atoms with Crippen molar-refractivity contribution >= 4 is 160 Å². The van der Waals surface area contributed by atoms with Gasteiger partial charge in [-0.3, -0.25) is 14.1 Å². The van der Waals surface area contributed by atoms with Crippen molar-refractivity contribution in [2.45, 2.75) is 36.5 Å². The summed E-state index contributed by atoms with van der Waals surface area (Å²) in [5.41, 5.74) is 1.71. The van der Waals surface area contributed by atoms with Crippen molar-refractivity contribution < 1.29 is 55.2 Å². The number of ether oxygens (including phenoxy) is 2. The van der Waals surface area contributed by atoms with E-state index >= 15 is 0 Å². The maximum Gasteiger partial charge on any atom is 2.00 e. The number of phenolic OH excluding ortho intramolecular Hbond substituents is 1. The summed E-state index contributed by atoms with van der Waals surface area (Å²) in [5, 5.41) is 48.7. The van der Waals surface area contributed by atoms with Crippen LogP contribution in [0.4, 0.5) is 34.1 Å². The van der Waals surface area contributed by atoms with Crippen molar-refractivity contribution in [3.63, 3.8) is 0 Å². The van der Waals surface area contributed by atoms with Gasteiger partial charge < -0.3 is 34.9 Å². The van der Waals surface area contributed by atoms with E-state index in [0.29, 0.717) is 68.4 Å². The van der Waals surface area contributed by atoms with Gasteiger partial charge in [0, 0.05) is 37.8 Å². The molecule has 0 aliphatic rings. The fourth-order valence-corrected chi connectivity index (χ4v) is 9.36. The number of nitrogens with one attached hydrogen (secondary N) is 2. The van der Waals surface area contributed by atoms with Crippen LogP contribution in [0.5, 0.6) is 23.0 Å². The van der Waals surface area contributed by atoms with E-state index in [-0.39, 0.29) is 92.8 Å². The Balaban J connectivity index is 0.000000241. The Morgan fingerprint density at radius 1 is 0.600 bits per heavy atom. The minimum absolute atomic E-state index is 0. The summed E-state index contributed by atoms with van der Waals surface area (Å²) >= 11 is 12.4. The van der Waals surface area contributed by atoms with Gasteiger partial charge in [-0.2, -0.15) is 23.8 Å². The van der Waals surface area contributed by atoms with Gasteiger partial charge in [-0.25, -0.2) is 8.42 Å². The van der Waals surface area contributed by atoms with E-state index in [1.54, 1.807) is 111 Å². The molecular formula is C52H42BaCl2N6O12S2. The van der Waals surface area contributed by atoms with Gasteiger partial charge in [0.15, 0.2) is 5.75 Å². The van der Waals surface area contributed by atoms with Crippen LogP contribution in [-0.2, 0) is 33.1 Å². The molecular weight excluding hydrogens is 1170 g/mol. The number of phenols is 1. The van der Waals surface area contributed by atoms with Crippen molar-refractivity contribution in [3.8, 4) is 23.0 Å². The first-order chi connectivity index (χ1) is 35.2. The molecule has 0 aliphatic carbocycles. The first-order valence-electron chi connectivity index (χ1n) is 22.0. The average molecular weight is 1220 g/mol. The molecule has 4 N–H and O–H groups in total. The number of benzene rings is 8. The predicted molar refractivity (Wildman–Crippen MR) is 284 cm³/mol. The molecule has 0 atom stereocenters. The Hall–Kier alpha value is -6.41. The molecule has 0 bridgehead atoms. The van der Waals surface area contributed by atoms with Gasteiger partial charge in [0.05, 0.1) is 46.6 Å². The number of azo groups is 2. The molecule has 18 nitrogen and oxygen atoms in total. The van der Waals surface area contributed by atoms with Crippen molar-refractivity contribution in [2.75, 3.05) is 24.9 Å². The fraction of sp³-hybridized carbons (Fsp3) is 0.115. The summed E-state index contributed by atoms with van der Waals surface area (Å²) < 4.78 is 77.7. The van der Waals surface area contributed by atoms with Crippen molar-refractivity contribution in [1.29, 1.82) is 0 Å². The summed E-state index contributed by atoms with van der Waals surface area (Å²) in [6.07, 6.45) is 0.762. The fourth-order valence-electron chi connectivity index (χ4n) is 7.49. The van der Waals surface area contributed by atoms with Crippen LogP contribution in [0.3, 0.4) is 0 Å². The number of carbonyl (C=O) groups is 2. The van der Waals surface area contributed by atoms with Crippen LogP contribution in [0.15, 0.2) is 164 Å². The van der Waals surface area contributed by atoms with Gasteiger partial charge in [0.2, 0.25) is 0 Å². The van der Waals surface area contributed by atoms with Crippen LogP contribution in [0, 0.1) is 0 Å². The molecule has 2 amide bonds. The molecule has 0 spiro atoms. The maximum atomic E-state index is 13.4. The number of aromatic hydroxyl groups is 1. The monoisotopic (exact) mass is 1210 g/mol. The minimum Gasteiger partial charge on any atom is -0.870 e. The third-order valence-electron chi connectivity index (χ3n) is 11.3. The molecule has 380 valence electrons. The van der Waals surface area contributed by atoms with Gasteiger partial charge in [-0.15, -0.1) is 5.11 Å². The van der Waals surface area contributed by atoms with E-state index in [2.05, 4.69) is 31.1 Å². The summed E-state index contributed by atoms with van der Waals surface area (Å²) in [4.78, 5) is 25.1. The molecule has 8 aromatic carbocycles. The molecule has 0 saturated heterocycles. The van der Waals surface area contributed by atoms with E-state index in [9.17, 15) is 45.7 Å². The Morgan fingerprint density at radius 3 is 1.47 bits per heavy atom. The Bertz CT molecular complexity index is 3530. The smallest absolute Gasteiger partial charge is 0.870 e. The van der Waals surface area contributed by atoms with Gasteiger partial charge in [-0.05, 0) is 120 Å². The quantitative estimate of drug-likeness (QED) is 0.0449. The average Bonchev–Trinajstić information content (AvgIpc) is 3.37. The van der Waals surface area contributed by atoms with Gasteiger partial charge in [0.25, 0.3) is 21.9 Å². The van der Waals surface area contributed by atoms with E-state index in [1.165, 1.54) is 26.4 Å². The molecule has 0 heterocycles. The summed E-state index contributed by atoms with van der Waals surface area (Å²) in [5.74, 6) is -1.08. The third kappa shape index (κ3) is 13.7. The Morgan fingerprint density at radius 2 is 1.01 bits per heavy atom. The van der Waals surface area contributed by atoms with Crippen LogP contribution in [0.2, 0.25) is 10.0 Å². The zero-order valence-corrected chi connectivity index (χ0v) is 47.7. The van der Waals surface area contributed by atoms with E-state index < -0.39 is 53.3 Å². The van der Waals surface area contributed by atoms with E-state index in [0.717, 1.165) is 24.3 Å². The zero-order valence-electron chi connectivity index (χ0n) is 40.2. The standard InChI is InChI=1S/2C26H22ClN3O6S.Ba/c2*1-3-19-22(27)13-18(37(33,34)35)14-23(19)29-30-24-20-7-5-4-6-15(20)12-21(25(24)31)26(32)28-16-8-10-17(36-2)11-9-16;/h2*4-14,31H,3H2,1-2H3,(H,28,32)(H,33,34,35);/q;;+2/p-2. The zero-order chi connectivity index (χ0) is 53.5. The van der Waals surface area contributed by atoms with Gasteiger partial charge in [0.1, 0.15) is 27.3 Å². The van der Waals surface area contributed by atoms with Crippen LogP contribution in [0.1, 0.15) is 45.7 Å². The number of hydrogen-bond acceptors (Lipinski definition) is 15. The van der Waals surface area contributed by atoms with Crippen LogP contribution in [-0.4, -0.2) is 106 Å². The number of rotatable bonds is 14. The number of anilines is 2. The topological polar surface area (TPSA) is 281 Å². The number of fused-ring (bicyclic) bond motifs is 2.